The molecule has 0 bridgehead atoms. The van der Waals surface area contributed by atoms with Crippen LogP contribution in [-0.2, 0) is 0 Å². The Labute approximate surface area is 67.3 Å². The summed E-state index contributed by atoms with van der Waals surface area (Å²) >= 11 is 0. The predicted octanol–water partition coefficient (Wildman–Crippen LogP) is 0.877. The highest BCUT2D eigenvalue weighted by Crippen LogP contribution is 2.04. The number of rotatable bonds is 0. The molecule has 0 aromatic heterocycles. The van der Waals surface area contributed by atoms with Crippen molar-refractivity contribution < 1.29 is 0 Å². The number of nitrogens with zero attached hydrogens (tertiary/aromatic N) is 3. The minimum Gasteiger partial charge on any atom is -0.357 e. The van der Waals surface area contributed by atoms with E-state index in [1.807, 2.05) is 31.1 Å². The van der Waals surface area contributed by atoms with Crippen LogP contribution in [0, 0.1) is 0 Å². The molecule has 0 spiro atoms. The predicted molar refractivity (Wildman–Crippen MR) is 47.2 cm³/mol. The van der Waals surface area contributed by atoms with E-state index in [9.17, 15) is 0 Å². The van der Waals surface area contributed by atoms with Crippen LogP contribution >= 0.6 is 0 Å². The van der Waals surface area contributed by atoms with Gasteiger partial charge in [-0.15, -0.1) is 0 Å². The van der Waals surface area contributed by atoms with Crippen LogP contribution in [0.15, 0.2) is 29.7 Å². The first-order valence-corrected chi connectivity index (χ1v) is 3.54. The number of hydrogen-bond donors (Lipinski definition) is 0. The van der Waals surface area contributed by atoms with E-state index in [2.05, 4.69) is 11.7 Å². The fourth-order valence-electron chi connectivity index (χ4n) is 0.837. The summed E-state index contributed by atoms with van der Waals surface area (Å²) < 4.78 is 0. The molecule has 0 N–H and O–H groups in total. The maximum Gasteiger partial charge on any atom is 0.117 e. The molecule has 0 fully saturated rings. The summed E-state index contributed by atoms with van der Waals surface area (Å²) in [6, 6.07) is 0. The quantitative estimate of drug-likeness (QED) is 0.511. The van der Waals surface area contributed by atoms with E-state index in [0.29, 0.717) is 0 Å². The van der Waals surface area contributed by atoms with Gasteiger partial charge in [0, 0.05) is 26.9 Å². The van der Waals surface area contributed by atoms with Gasteiger partial charge in [-0.05, 0) is 6.08 Å². The second kappa shape index (κ2) is 3.23. The van der Waals surface area contributed by atoms with E-state index in [4.69, 9.17) is 0 Å². The molecule has 0 unspecified atom stereocenters. The lowest BCUT2D eigenvalue weighted by molar-refractivity contribution is 0.295. The van der Waals surface area contributed by atoms with Crippen molar-refractivity contribution in [2.24, 2.45) is 5.10 Å². The molecule has 0 radical (unpaired) electrons. The molecule has 0 saturated carbocycles. The lowest BCUT2D eigenvalue weighted by Gasteiger charge is -2.26. The van der Waals surface area contributed by atoms with E-state index in [1.54, 1.807) is 11.2 Å². The van der Waals surface area contributed by atoms with Gasteiger partial charge in [-0.1, -0.05) is 12.7 Å². The van der Waals surface area contributed by atoms with Gasteiger partial charge in [0.25, 0.3) is 0 Å². The third-order valence-electron chi connectivity index (χ3n) is 1.66. The molecule has 1 rings (SSSR count). The second-order valence-electron chi connectivity index (χ2n) is 2.51. The van der Waals surface area contributed by atoms with E-state index in [1.165, 1.54) is 0 Å². The van der Waals surface area contributed by atoms with Crippen molar-refractivity contribution in [3.63, 3.8) is 0 Å². The van der Waals surface area contributed by atoms with E-state index < -0.39 is 0 Å². The largest absolute Gasteiger partial charge is 0.357 e. The second-order valence-corrected chi connectivity index (χ2v) is 2.51. The topological polar surface area (TPSA) is 18.8 Å². The smallest absolute Gasteiger partial charge is 0.117 e. The number of likely N-dealkylation sites (N-methyl/N-ethyl adjacent to an activating group) is 1. The third kappa shape index (κ3) is 1.83. The zero-order valence-corrected chi connectivity index (χ0v) is 6.99. The summed E-state index contributed by atoms with van der Waals surface area (Å²) in [7, 11) is 3.87. The first-order valence-electron chi connectivity index (χ1n) is 3.54. The van der Waals surface area contributed by atoms with Crippen LogP contribution in [0.5, 0.6) is 0 Å². The van der Waals surface area contributed by atoms with Crippen molar-refractivity contribution in [3.05, 3.63) is 24.6 Å². The fourth-order valence-corrected chi connectivity index (χ4v) is 0.837. The van der Waals surface area contributed by atoms with Crippen LogP contribution < -0.4 is 0 Å². The lowest BCUT2D eigenvalue weighted by Crippen LogP contribution is -2.27. The lowest BCUT2D eigenvalue weighted by atomic mass is 10.4. The summed E-state index contributed by atoms with van der Waals surface area (Å²) in [5, 5.41) is 5.85. The van der Waals surface area contributed by atoms with Crippen LogP contribution in [0.3, 0.4) is 0 Å². The molecule has 0 aliphatic carbocycles. The highest BCUT2D eigenvalue weighted by atomic mass is 15.5. The Balaban J connectivity index is 2.75. The molecule has 0 saturated heterocycles. The van der Waals surface area contributed by atoms with Gasteiger partial charge in [0.2, 0.25) is 0 Å². The minimum atomic E-state index is 0.884. The minimum absolute atomic E-state index is 0.884. The molecule has 1 aliphatic heterocycles. The molecule has 0 aromatic rings. The normalized spacial score (nSPS) is 24.4. The maximum atomic E-state index is 4.10. The van der Waals surface area contributed by atoms with Crippen molar-refractivity contribution in [1.29, 1.82) is 0 Å². The zero-order chi connectivity index (χ0) is 8.27. The van der Waals surface area contributed by atoms with Gasteiger partial charge in [-0.25, -0.2) is 0 Å². The van der Waals surface area contributed by atoms with Gasteiger partial charge >= 0.3 is 0 Å². The van der Waals surface area contributed by atoms with Gasteiger partial charge in [0.15, 0.2) is 0 Å². The molecule has 3 nitrogen and oxygen atoms in total. The molecule has 11 heavy (non-hydrogen) atoms. The molecule has 0 atom stereocenters. The summed E-state index contributed by atoms with van der Waals surface area (Å²) in [6.45, 7) is 4.77. The number of hydrogen-bond acceptors (Lipinski definition) is 3. The zero-order valence-electron chi connectivity index (χ0n) is 6.99. The Morgan fingerprint density at radius 3 is 3.00 bits per heavy atom. The van der Waals surface area contributed by atoms with Gasteiger partial charge < -0.3 is 4.90 Å². The average molecular weight is 151 g/mol. The highest BCUT2D eigenvalue weighted by Gasteiger charge is 2.04. The molecule has 3 heteroatoms. The monoisotopic (exact) mass is 151 g/mol. The Hall–Kier alpha value is -1.25. The summed E-state index contributed by atoms with van der Waals surface area (Å²) in [4.78, 5) is 2.03. The molecule has 0 amide bonds. The molecule has 60 valence electrons. The van der Waals surface area contributed by atoms with Crippen molar-refractivity contribution in [3.8, 4) is 0 Å². The van der Waals surface area contributed by atoms with Crippen molar-refractivity contribution in [2.45, 2.75) is 0 Å². The van der Waals surface area contributed by atoms with Gasteiger partial charge in [0.1, 0.15) is 5.82 Å². The fraction of sp³-hybridized carbons (Fsp3) is 0.375. The maximum absolute atomic E-state index is 4.10. The average Bonchev–Trinajstić information content (AvgIpc) is 2.00. The summed E-state index contributed by atoms with van der Waals surface area (Å²) in [5.41, 5.74) is 0. The van der Waals surface area contributed by atoms with Crippen LogP contribution in [-0.4, -0.2) is 36.8 Å². The Morgan fingerprint density at radius 2 is 2.27 bits per heavy atom. The van der Waals surface area contributed by atoms with Crippen molar-refractivity contribution in [2.75, 3.05) is 20.6 Å². The molecule has 1 heterocycles. The first kappa shape index (κ1) is 7.85. The van der Waals surface area contributed by atoms with E-state index in [-0.39, 0.29) is 0 Å². The van der Waals surface area contributed by atoms with Gasteiger partial charge in [0.05, 0.1) is 0 Å². The van der Waals surface area contributed by atoms with Crippen molar-refractivity contribution >= 4 is 6.21 Å². The molecule has 0 aromatic carbocycles. The van der Waals surface area contributed by atoms with Gasteiger partial charge in [-0.3, -0.25) is 5.01 Å². The van der Waals surface area contributed by atoms with Crippen LogP contribution in [0.1, 0.15) is 0 Å². The standard InChI is InChI=1S/C8H13N3/c1-8-10(2)7-5-4-6-9-11(8)3/h4-6H,1,7H2,2-3H3/b5-4-,9-6-. The van der Waals surface area contributed by atoms with Crippen LogP contribution in [0.2, 0.25) is 0 Å². The van der Waals surface area contributed by atoms with E-state index >= 15 is 0 Å². The summed E-state index contributed by atoms with van der Waals surface area (Å²) in [6.07, 6.45) is 5.74. The Kier molecular flexibility index (Phi) is 2.31. The highest BCUT2D eigenvalue weighted by molar-refractivity contribution is 5.70. The molecular weight excluding hydrogens is 138 g/mol. The van der Waals surface area contributed by atoms with E-state index in [0.717, 1.165) is 12.4 Å². The SMILES string of the molecule is C=C1N(C)C/C=C\C=N/N1C. The van der Waals surface area contributed by atoms with Gasteiger partial charge in [-0.2, -0.15) is 5.10 Å². The molecule has 1 aliphatic rings. The van der Waals surface area contributed by atoms with Crippen molar-refractivity contribution in [1.82, 2.24) is 9.91 Å². The Morgan fingerprint density at radius 1 is 1.55 bits per heavy atom. The summed E-state index contributed by atoms with van der Waals surface area (Å²) in [5.74, 6) is 0.908. The van der Waals surface area contributed by atoms with Crippen LogP contribution in [0.25, 0.3) is 0 Å². The Bertz CT molecular complexity index is 205. The number of allylic oxidation sites excluding steroid dienone is 1. The number of hydrazone groups is 1. The first-order chi connectivity index (χ1) is 5.22. The molecular formula is C8H13N3. The van der Waals surface area contributed by atoms with Crippen LogP contribution in [0.4, 0.5) is 0 Å². The third-order valence-corrected chi connectivity index (χ3v) is 1.66.